The van der Waals surface area contributed by atoms with Crippen LogP contribution in [-0.2, 0) is 11.3 Å². The Morgan fingerprint density at radius 3 is 3.24 bits per heavy atom. The molecule has 2 unspecified atom stereocenters. The molecule has 1 aromatic rings. The van der Waals surface area contributed by atoms with Crippen molar-refractivity contribution in [2.24, 2.45) is 0 Å². The Bertz CT molecular complexity index is 444. The Balaban J connectivity index is 1.79. The van der Waals surface area contributed by atoms with E-state index >= 15 is 0 Å². The number of likely N-dealkylation sites (tertiary alicyclic amines) is 1. The lowest BCUT2D eigenvalue weighted by molar-refractivity contribution is -0.126. The van der Waals surface area contributed by atoms with E-state index in [1.54, 1.807) is 18.4 Å². The molecule has 1 fully saturated rings. The molecule has 0 bridgehead atoms. The molecule has 1 aromatic heterocycles. The van der Waals surface area contributed by atoms with Gasteiger partial charge in [0.2, 0.25) is 5.91 Å². The minimum atomic E-state index is -0.401. The van der Waals surface area contributed by atoms with Gasteiger partial charge in [0.15, 0.2) is 0 Å². The van der Waals surface area contributed by atoms with E-state index in [1.807, 2.05) is 6.07 Å². The third kappa shape index (κ3) is 4.72. The molecule has 1 saturated heterocycles. The van der Waals surface area contributed by atoms with Gasteiger partial charge in [-0.15, -0.1) is 6.58 Å². The smallest absolute Gasteiger partial charge is 0.237 e. The molecule has 1 aliphatic heterocycles. The lowest BCUT2D eigenvalue weighted by Gasteiger charge is -2.25. The number of hydrogen-bond donors (Lipinski definition) is 2. The average Bonchev–Trinajstić information content (AvgIpc) is 3.14. The minimum Gasteiger partial charge on any atom is -0.467 e. The Morgan fingerprint density at radius 2 is 2.52 bits per heavy atom. The normalized spacial score (nSPS) is 20.3. The summed E-state index contributed by atoms with van der Waals surface area (Å²) in [5, 5.41) is 12.9. The standard InChI is InChI=1S/C16H24N2O3/c1-2-3-6-13(19)12-18-9-4-8-15(18)16(20)17-11-14-7-5-10-21-14/h2,5,7,10,13,15,19H,1,3-4,6,8-9,11-12H2,(H,17,20). The number of nitrogens with zero attached hydrogens (tertiary/aromatic N) is 1. The topological polar surface area (TPSA) is 65.7 Å². The van der Waals surface area contributed by atoms with Crippen molar-refractivity contribution in [2.45, 2.75) is 44.4 Å². The van der Waals surface area contributed by atoms with Gasteiger partial charge in [-0.1, -0.05) is 6.08 Å². The quantitative estimate of drug-likeness (QED) is 0.716. The second-order valence-corrected chi connectivity index (χ2v) is 5.47. The predicted molar refractivity (Wildman–Crippen MR) is 80.6 cm³/mol. The number of amides is 1. The summed E-state index contributed by atoms with van der Waals surface area (Å²) in [6, 6.07) is 3.50. The number of hydrogen-bond acceptors (Lipinski definition) is 4. The number of furan rings is 1. The second-order valence-electron chi connectivity index (χ2n) is 5.47. The van der Waals surface area contributed by atoms with Gasteiger partial charge in [-0.25, -0.2) is 0 Å². The molecule has 2 atom stereocenters. The summed E-state index contributed by atoms with van der Waals surface area (Å²) >= 11 is 0. The van der Waals surface area contributed by atoms with Gasteiger partial charge < -0.3 is 14.8 Å². The van der Waals surface area contributed by atoms with E-state index < -0.39 is 6.10 Å². The first-order valence-electron chi connectivity index (χ1n) is 7.54. The molecule has 2 rings (SSSR count). The van der Waals surface area contributed by atoms with Crippen LogP contribution < -0.4 is 5.32 Å². The largest absolute Gasteiger partial charge is 0.467 e. The first-order chi connectivity index (χ1) is 10.2. The summed E-state index contributed by atoms with van der Waals surface area (Å²) in [6.07, 6.45) is 6.33. The number of carbonyl (C=O) groups is 1. The minimum absolute atomic E-state index is 0.0137. The molecule has 116 valence electrons. The zero-order valence-electron chi connectivity index (χ0n) is 12.3. The van der Waals surface area contributed by atoms with Crippen LogP contribution in [0.15, 0.2) is 35.5 Å². The van der Waals surface area contributed by atoms with Crippen LogP contribution in [0.5, 0.6) is 0 Å². The van der Waals surface area contributed by atoms with Crippen molar-refractivity contribution in [2.75, 3.05) is 13.1 Å². The molecule has 0 saturated carbocycles. The highest BCUT2D eigenvalue weighted by molar-refractivity contribution is 5.81. The number of allylic oxidation sites excluding steroid dienone is 1. The van der Waals surface area contributed by atoms with E-state index in [0.29, 0.717) is 19.5 Å². The Labute approximate surface area is 125 Å². The monoisotopic (exact) mass is 292 g/mol. The fourth-order valence-corrected chi connectivity index (χ4v) is 2.72. The number of nitrogens with one attached hydrogen (secondary N) is 1. The summed E-state index contributed by atoms with van der Waals surface area (Å²) in [5.74, 6) is 0.763. The fourth-order valence-electron chi connectivity index (χ4n) is 2.72. The van der Waals surface area contributed by atoms with Crippen molar-refractivity contribution in [1.29, 1.82) is 0 Å². The third-order valence-electron chi connectivity index (χ3n) is 3.83. The summed E-state index contributed by atoms with van der Waals surface area (Å²) < 4.78 is 5.20. The maximum atomic E-state index is 12.3. The molecular formula is C16H24N2O3. The van der Waals surface area contributed by atoms with Crippen molar-refractivity contribution in [3.05, 3.63) is 36.8 Å². The number of carbonyl (C=O) groups excluding carboxylic acids is 1. The summed E-state index contributed by atoms with van der Waals surface area (Å²) in [5.41, 5.74) is 0. The third-order valence-corrected chi connectivity index (χ3v) is 3.83. The maximum absolute atomic E-state index is 12.3. The van der Waals surface area contributed by atoms with Crippen molar-refractivity contribution in [3.8, 4) is 0 Å². The van der Waals surface area contributed by atoms with Gasteiger partial charge in [0.05, 0.1) is 25.0 Å². The summed E-state index contributed by atoms with van der Waals surface area (Å²) in [4.78, 5) is 14.3. The first kappa shape index (κ1) is 15.8. The number of β-amino-alcohol motifs (C(OH)–C–C–N with tert-alkyl or cyclic N) is 1. The Hall–Kier alpha value is -1.59. The predicted octanol–water partition coefficient (Wildman–Crippen LogP) is 1.69. The van der Waals surface area contributed by atoms with Crippen molar-refractivity contribution < 1.29 is 14.3 Å². The number of aliphatic hydroxyl groups is 1. The first-order valence-corrected chi connectivity index (χ1v) is 7.54. The average molecular weight is 292 g/mol. The van der Waals surface area contributed by atoms with Crippen LogP contribution in [0, 0.1) is 0 Å². The van der Waals surface area contributed by atoms with Crippen LogP contribution in [0.2, 0.25) is 0 Å². The lowest BCUT2D eigenvalue weighted by Crippen LogP contribution is -2.45. The SMILES string of the molecule is C=CCCC(O)CN1CCCC1C(=O)NCc1ccco1. The fraction of sp³-hybridized carbons (Fsp3) is 0.562. The van der Waals surface area contributed by atoms with E-state index in [-0.39, 0.29) is 11.9 Å². The molecule has 0 aromatic carbocycles. The van der Waals surface area contributed by atoms with Gasteiger partial charge in [0, 0.05) is 6.54 Å². The van der Waals surface area contributed by atoms with Crippen LogP contribution >= 0.6 is 0 Å². The maximum Gasteiger partial charge on any atom is 0.237 e. The Morgan fingerprint density at radius 1 is 1.67 bits per heavy atom. The van der Waals surface area contributed by atoms with Gasteiger partial charge in [-0.2, -0.15) is 0 Å². The van der Waals surface area contributed by atoms with E-state index in [1.165, 1.54) is 0 Å². The molecule has 5 heteroatoms. The molecule has 0 radical (unpaired) electrons. The van der Waals surface area contributed by atoms with Gasteiger partial charge in [0.1, 0.15) is 5.76 Å². The zero-order valence-corrected chi connectivity index (χ0v) is 12.3. The molecule has 2 heterocycles. The van der Waals surface area contributed by atoms with Crippen LogP contribution in [0.25, 0.3) is 0 Å². The highest BCUT2D eigenvalue weighted by Crippen LogP contribution is 2.18. The number of aliphatic hydroxyl groups excluding tert-OH is 1. The zero-order chi connectivity index (χ0) is 15.1. The molecular weight excluding hydrogens is 268 g/mol. The molecule has 5 nitrogen and oxygen atoms in total. The molecule has 1 aliphatic rings. The second kappa shape index (κ2) is 8.00. The van der Waals surface area contributed by atoms with Crippen LogP contribution in [0.4, 0.5) is 0 Å². The summed E-state index contributed by atoms with van der Waals surface area (Å²) in [7, 11) is 0. The van der Waals surface area contributed by atoms with Crippen molar-refractivity contribution in [3.63, 3.8) is 0 Å². The highest BCUT2D eigenvalue weighted by atomic mass is 16.3. The number of rotatable bonds is 8. The molecule has 0 spiro atoms. The van der Waals surface area contributed by atoms with Gasteiger partial charge in [-0.05, 0) is 44.4 Å². The van der Waals surface area contributed by atoms with E-state index in [9.17, 15) is 9.90 Å². The molecule has 0 aliphatic carbocycles. The molecule has 2 N–H and O–H groups in total. The van der Waals surface area contributed by atoms with Gasteiger partial charge in [0.25, 0.3) is 0 Å². The van der Waals surface area contributed by atoms with Crippen LogP contribution in [-0.4, -0.2) is 41.1 Å². The van der Waals surface area contributed by atoms with Gasteiger partial charge in [-0.3, -0.25) is 9.69 Å². The molecule has 1 amide bonds. The highest BCUT2D eigenvalue weighted by Gasteiger charge is 2.31. The van der Waals surface area contributed by atoms with E-state index in [2.05, 4.69) is 16.8 Å². The Kier molecular flexibility index (Phi) is 6.02. The van der Waals surface area contributed by atoms with Crippen molar-refractivity contribution >= 4 is 5.91 Å². The van der Waals surface area contributed by atoms with E-state index in [0.717, 1.165) is 31.6 Å². The summed E-state index contributed by atoms with van der Waals surface area (Å²) in [6.45, 7) is 5.48. The van der Waals surface area contributed by atoms with Crippen LogP contribution in [0.3, 0.4) is 0 Å². The van der Waals surface area contributed by atoms with Crippen LogP contribution in [0.1, 0.15) is 31.4 Å². The van der Waals surface area contributed by atoms with E-state index in [4.69, 9.17) is 4.42 Å². The van der Waals surface area contributed by atoms with Gasteiger partial charge >= 0.3 is 0 Å². The lowest BCUT2D eigenvalue weighted by atomic mass is 10.1. The van der Waals surface area contributed by atoms with Crippen molar-refractivity contribution in [1.82, 2.24) is 10.2 Å². The molecule has 21 heavy (non-hydrogen) atoms.